The molecule has 2 aromatic rings. The number of hydrogen-bond acceptors (Lipinski definition) is 5. The van der Waals surface area contributed by atoms with Crippen LogP contribution in [0.4, 0.5) is 10.6 Å². The standard InChI is InChI=1S/C20H24N4O3.C2H6/c21-20(25)24-5-1-2-15-9-17(12-23-19(15)24)16-8-14(10-22-11-16)13-27-18-3-6-26-7-4-18;1-2/h8-12,18H,1-7,13H2,(H2,21,25);1-2H3. The van der Waals surface area contributed by atoms with Crippen molar-refractivity contribution in [3.8, 4) is 11.1 Å². The van der Waals surface area contributed by atoms with Crippen LogP contribution in [0.5, 0.6) is 0 Å². The molecule has 1 fully saturated rings. The fourth-order valence-corrected chi connectivity index (χ4v) is 3.62. The fourth-order valence-electron chi connectivity index (χ4n) is 3.62. The lowest BCUT2D eigenvalue weighted by molar-refractivity contribution is -0.0391. The maximum atomic E-state index is 11.6. The zero-order valence-electron chi connectivity index (χ0n) is 17.3. The minimum Gasteiger partial charge on any atom is -0.381 e. The van der Waals surface area contributed by atoms with Gasteiger partial charge in [0.25, 0.3) is 0 Å². The predicted molar refractivity (Wildman–Crippen MR) is 113 cm³/mol. The van der Waals surface area contributed by atoms with Crippen LogP contribution in [0.3, 0.4) is 0 Å². The van der Waals surface area contributed by atoms with E-state index in [1.807, 2.05) is 26.2 Å². The summed E-state index contributed by atoms with van der Waals surface area (Å²) in [5.74, 6) is 0.671. The van der Waals surface area contributed by atoms with E-state index < -0.39 is 6.03 Å². The minimum absolute atomic E-state index is 0.257. The number of ether oxygens (including phenoxy) is 2. The number of carbonyl (C=O) groups is 1. The number of fused-ring (bicyclic) bond motifs is 1. The van der Waals surface area contributed by atoms with Crippen molar-refractivity contribution in [3.63, 3.8) is 0 Å². The predicted octanol–water partition coefficient (Wildman–Crippen LogP) is 3.70. The third-order valence-corrected chi connectivity index (χ3v) is 5.07. The monoisotopic (exact) mass is 398 g/mol. The molecule has 0 unspecified atom stereocenters. The van der Waals surface area contributed by atoms with Crippen LogP contribution in [0.25, 0.3) is 11.1 Å². The number of rotatable bonds is 4. The number of urea groups is 1. The summed E-state index contributed by atoms with van der Waals surface area (Å²) in [5, 5.41) is 0. The van der Waals surface area contributed by atoms with E-state index in [0.717, 1.165) is 61.2 Å². The third-order valence-electron chi connectivity index (χ3n) is 5.07. The summed E-state index contributed by atoms with van der Waals surface area (Å²) in [4.78, 5) is 22.0. The SMILES string of the molecule is CC.NC(=O)N1CCCc2cc(-c3cncc(COC4CCOCC4)c3)cnc21. The first-order valence-corrected chi connectivity index (χ1v) is 10.4. The molecule has 0 aromatic carbocycles. The largest absolute Gasteiger partial charge is 0.381 e. The van der Waals surface area contributed by atoms with Crippen molar-refractivity contribution in [1.82, 2.24) is 9.97 Å². The van der Waals surface area contributed by atoms with Crippen LogP contribution in [0, 0.1) is 0 Å². The highest BCUT2D eigenvalue weighted by Crippen LogP contribution is 2.29. The molecule has 7 nitrogen and oxygen atoms in total. The Hall–Kier alpha value is -2.51. The van der Waals surface area contributed by atoms with Crippen molar-refractivity contribution in [3.05, 3.63) is 41.9 Å². The molecular formula is C22H30N4O3. The molecule has 0 aliphatic carbocycles. The lowest BCUT2D eigenvalue weighted by atomic mass is 10.0. The van der Waals surface area contributed by atoms with Crippen LogP contribution in [0.1, 0.15) is 44.2 Å². The van der Waals surface area contributed by atoms with E-state index in [0.29, 0.717) is 19.0 Å². The summed E-state index contributed by atoms with van der Waals surface area (Å²) in [7, 11) is 0. The number of carbonyl (C=O) groups excluding carboxylic acids is 1. The van der Waals surface area contributed by atoms with E-state index >= 15 is 0 Å². The summed E-state index contributed by atoms with van der Waals surface area (Å²) >= 11 is 0. The molecule has 0 spiro atoms. The maximum absolute atomic E-state index is 11.6. The normalized spacial score (nSPS) is 16.6. The molecule has 156 valence electrons. The minimum atomic E-state index is -0.454. The Kier molecular flexibility index (Phi) is 7.55. The Bertz CT molecular complexity index is 821. The highest BCUT2D eigenvalue weighted by molar-refractivity contribution is 5.91. The summed E-state index contributed by atoms with van der Waals surface area (Å²) in [6.07, 6.45) is 9.36. The van der Waals surface area contributed by atoms with Gasteiger partial charge in [-0.05, 0) is 48.9 Å². The summed E-state index contributed by atoms with van der Waals surface area (Å²) in [5.41, 5.74) is 9.52. The lowest BCUT2D eigenvalue weighted by Crippen LogP contribution is -2.40. The molecule has 4 heterocycles. The molecule has 0 bridgehead atoms. The summed E-state index contributed by atoms with van der Waals surface area (Å²) in [6.45, 7) is 6.70. The summed E-state index contributed by atoms with van der Waals surface area (Å²) in [6, 6.07) is 3.72. The van der Waals surface area contributed by atoms with Gasteiger partial charge in [-0.15, -0.1) is 0 Å². The summed E-state index contributed by atoms with van der Waals surface area (Å²) < 4.78 is 11.4. The molecule has 7 heteroatoms. The van der Waals surface area contributed by atoms with Gasteiger partial charge in [0.15, 0.2) is 0 Å². The molecule has 0 saturated carbocycles. The van der Waals surface area contributed by atoms with E-state index in [-0.39, 0.29) is 6.10 Å². The van der Waals surface area contributed by atoms with Gasteiger partial charge in [0.1, 0.15) is 5.82 Å². The van der Waals surface area contributed by atoms with E-state index in [9.17, 15) is 4.79 Å². The number of hydrogen-bond donors (Lipinski definition) is 1. The molecular weight excluding hydrogens is 368 g/mol. The number of nitrogens with zero attached hydrogens (tertiary/aromatic N) is 3. The first-order valence-electron chi connectivity index (χ1n) is 10.4. The number of anilines is 1. The number of primary amides is 1. The van der Waals surface area contributed by atoms with Crippen molar-refractivity contribution >= 4 is 11.8 Å². The van der Waals surface area contributed by atoms with Crippen LogP contribution >= 0.6 is 0 Å². The van der Waals surface area contributed by atoms with E-state index in [1.165, 1.54) is 0 Å². The lowest BCUT2D eigenvalue weighted by Gasteiger charge is -2.27. The molecule has 0 radical (unpaired) electrons. The van der Waals surface area contributed by atoms with Gasteiger partial charge in [-0.25, -0.2) is 9.78 Å². The van der Waals surface area contributed by atoms with Gasteiger partial charge >= 0.3 is 6.03 Å². The average molecular weight is 399 g/mol. The molecule has 0 atom stereocenters. The van der Waals surface area contributed by atoms with E-state index in [1.54, 1.807) is 11.1 Å². The van der Waals surface area contributed by atoms with Crippen molar-refractivity contribution in [2.45, 2.75) is 52.2 Å². The van der Waals surface area contributed by atoms with Crippen LogP contribution in [-0.4, -0.2) is 41.9 Å². The van der Waals surface area contributed by atoms with Crippen molar-refractivity contribution in [2.75, 3.05) is 24.7 Å². The van der Waals surface area contributed by atoms with Gasteiger partial charge in [0.05, 0.1) is 12.7 Å². The number of aryl methyl sites for hydroxylation is 1. The molecule has 1 saturated heterocycles. The van der Waals surface area contributed by atoms with Crippen molar-refractivity contribution in [2.24, 2.45) is 5.73 Å². The van der Waals surface area contributed by atoms with Crippen LogP contribution in [0.15, 0.2) is 30.7 Å². The van der Waals surface area contributed by atoms with Gasteiger partial charge in [0.2, 0.25) is 0 Å². The Morgan fingerprint density at radius 2 is 1.97 bits per heavy atom. The number of pyridine rings is 2. The fraction of sp³-hybridized carbons (Fsp3) is 0.500. The molecule has 2 aromatic heterocycles. The second-order valence-electron chi connectivity index (χ2n) is 7.00. The first kappa shape index (κ1) is 21.2. The Balaban J connectivity index is 0.00000117. The molecule has 2 amide bonds. The first-order chi connectivity index (χ1) is 14.2. The number of aromatic nitrogens is 2. The van der Waals surface area contributed by atoms with Gasteiger partial charge in [-0.1, -0.05) is 13.8 Å². The van der Waals surface area contributed by atoms with Crippen LogP contribution in [-0.2, 0) is 22.5 Å². The van der Waals surface area contributed by atoms with Gasteiger partial charge in [0, 0.05) is 49.5 Å². The molecule has 4 rings (SSSR count). The highest BCUT2D eigenvalue weighted by atomic mass is 16.5. The second-order valence-corrected chi connectivity index (χ2v) is 7.00. The van der Waals surface area contributed by atoms with Gasteiger partial charge < -0.3 is 15.2 Å². The number of nitrogens with two attached hydrogens (primary N) is 1. The Morgan fingerprint density at radius 3 is 2.72 bits per heavy atom. The maximum Gasteiger partial charge on any atom is 0.320 e. The second kappa shape index (κ2) is 10.3. The number of amides is 2. The molecule has 2 aliphatic rings. The quantitative estimate of drug-likeness (QED) is 0.848. The Morgan fingerprint density at radius 1 is 1.21 bits per heavy atom. The highest BCUT2D eigenvalue weighted by Gasteiger charge is 2.22. The Labute approximate surface area is 172 Å². The zero-order chi connectivity index (χ0) is 20.6. The molecule has 2 N–H and O–H groups in total. The van der Waals surface area contributed by atoms with Crippen LogP contribution < -0.4 is 10.6 Å². The average Bonchev–Trinajstić information content (AvgIpc) is 2.79. The van der Waals surface area contributed by atoms with Gasteiger partial charge in [-0.2, -0.15) is 0 Å². The van der Waals surface area contributed by atoms with E-state index in [2.05, 4.69) is 22.1 Å². The molecule has 29 heavy (non-hydrogen) atoms. The van der Waals surface area contributed by atoms with Gasteiger partial charge in [-0.3, -0.25) is 9.88 Å². The van der Waals surface area contributed by atoms with E-state index in [4.69, 9.17) is 15.2 Å². The van der Waals surface area contributed by atoms with Crippen molar-refractivity contribution in [1.29, 1.82) is 0 Å². The third kappa shape index (κ3) is 5.31. The topological polar surface area (TPSA) is 90.6 Å². The van der Waals surface area contributed by atoms with Crippen molar-refractivity contribution < 1.29 is 14.3 Å². The van der Waals surface area contributed by atoms with Crippen LogP contribution in [0.2, 0.25) is 0 Å². The zero-order valence-corrected chi connectivity index (χ0v) is 17.3. The smallest absolute Gasteiger partial charge is 0.320 e. The molecule has 2 aliphatic heterocycles.